The van der Waals surface area contributed by atoms with Crippen LogP contribution in [0.25, 0.3) is 22.2 Å². The van der Waals surface area contributed by atoms with Crippen molar-refractivity contribution in [3.8, 4) is 11.3 Å². The number of fused-ring (bicyclic) bond motifs is 6. The third-order valence-electron chi connectivity index (χ3n) is 8.38. The molecule has 9 heteroatoms. The number of carbonyl (C=O) groups is 4. The monoisotopic (exact) mass is 640 g/mol. The molecule has 0 spiro atoms. The number of Topliss-reactive ketones (excluding diaryl/α,β-unsaturated/α-hetero) is 1. The van der Waals surface area contributed by atoms with Crippen molar-refractivity contribution in [3.05, 3.63) is 106 Å². The number of hydrogen-bond donors (Lipinski definition) is 0. The van der Waals surface area contributed by atoms with Crippen molar-refractivity contribution in [2.24, 2.45) is 23.7 Å². The molecule has 42 heavy (non-hydrogen) atoms. The Morgan fingerprint density at radius 1 is 0.905 bits per heavy atom. The first-order chi connectivity index (χ1) is 20.3. The predicted molar refractivity (Wildman–Crippen MR) is 161 cm³/mol. The number of ether oxygens (including phenoxy) is 1. The number of amides is 2. The molecule has 0 N–H and O–H groups in total. The van der Waals surface area contributed by atoms with Gasteiger partial charge < -0.3 is 4.74 Å². The van der Waals surface area contributed by atoms with Gasteiger partial charge in [0.25, 0.3) is 0 Å². The van der Waals surface area contributed by atoms with Gasteiger partial charge in [0.2, 0.25) is 11.8 Å². The molecule has 3 aromatic carbocycles. The number of aromatic nitrogens is 1. The molecule has 7 rings (SSSR count). The molecule has 1 saturated carbocycles. The Morgan fingerprint density at radius 2 is 1.57 bits per heavy atom. The van der Waals surface area contributed by atoms with Crippen molar-refractivity contribution in [3.63, 3.8) is 0 Å². The SMILES string of the molecule is O=C(COC(=O)c1cc(-c2ccc(N3C(=O)C4C5C=CC(C5)C4C3=O)cc2)nc2ccc(Cl)cc12)c1ccc(Br)cc1. The van der Waals surface area contributed by atoms with Gasteiger partial charge in [-0.25, -0.2) is 9.78 Å². The van der Waals surface area contributed by atoms with Crippen molar-refractivity contribution in [2.75, 3.05) is 11.5 Å². The van der Waals surface area contributed by atoms with Crippen LogP contribution in [0, 0.1) is 23.7 Å². The number of benzene rings is 3. The summed E-state index contributed by atoms with van der Waals surface area (Å²) in [6.07, 6.45) is 5.02. The minimum absolute atomic E-state index is 0.138. The normalized spacial score (nSPS) is 22.2. The zero-order valence-electron chi connectivity index (χ0n) is 22.0. The number of allylic oxidation sites excluding steroid dienone is 2. The molecule has 3 aliphatic rings. The van der Waals surface area contributed by atoms with Gasteiger partial charge in [-0.05, 0) is 66.8 Å². The molecular weight excluding hydrogens is 620 g/mol. The van der Waals surface area contributed by atoms with Gasteiger partial charge in [-0.15, -0.1) is 0 Å². The highest BCUT2D eigenvalue weighted by molar-refractivity contribution is 9.10. The van der Waals surface area contributed by atoms with Crippen molar-refractivity contribution in [1.82, 2.24) is 4.98 Å². The summed E-state index contributed by atoms with van der Waals surface area (Å²) in [7, 11) is 0. The number of esters is 1. The molecule has 2 amide bonds. The van der Waals surface area contributed by atoms with E-state index < -0.39 is 12.6 Å². The van der Waals surface area contributed by atoms with Crippen molar-refractivity contribution in [1.29, 1.82) is 0 Å². The van der Waals surface area contributed by atoms with E-state index in [1.807, 2.05) is 0 Å². The smallest absolute Gasteiger partial charge is 0.339 e. The van der Waals surface area contributed by atoms with Crippen LogP contribution in [0.2, 0.25) is 5.02 Å². The second kappa shape index (κ2) is 10.3. The highest BCUT2D eigenvalue weighted by Gasteiger charge is 2.59. The molecule has 4 atom stereocenters. The Morgan fingerprint density at radius 3 is 2.24 bits per heavy atom. The summed E-state index contributed by atoms with van der Waals surface area (Å²) in [5, 5.41) is 0.918. The summed E-state index contributed by atoms with van der Waals surface area (Å²) >= 11 is 9.57. The summed E-state index contributed by atoms with van der Waals surface area (Å²) in [5.74, 6) is -1.57. The molecule has 2 fully saturated rings. The van der Waals surface area contributed by atoms with Crippen molar-refractivity contribution >= 4 is 67.7 Å². The number of carbonyl (C=O) groups excluding carboxylic acids is 4. The number of imide groups is 1. The fraction of sp³-hybridized carbons (Fsp3) is 0.182. The van der Waals surface area contributed by atoms with Gasteiger partial charge in [-0.1, -0.05) is 63.9 Å². The van der Waals surface area contributed by atoms with E-state index in [1.54, 1.807) is 72.8 Å². The van der Waals surface area contributed by atoms with Gasteiger partial charge in [0.1, 0.15) is 0 Å². The molecular formula is C33H22BrClN2O5. The zero-order chi connectivity index (χ0) is 29.1. The highest BCUT2D eigenvalue weighted by Crippen LogP contribution is 2.53. The van der Waals surface area contributed by atoms with E-state index >= 15 is 0 Å². The Labute approximate surface area is 254 Å². The van der Waals surface area contributed by atoms with Crippen LogP contribution < -0.4 is 4.90 Å². The van der Waals surface area contributed by atoms with Gasteiger partial charge >= 0.3 is 5.97 Å². The highest BCUT2D eigenvalue weighted by atomic mass is 79.9. The van der Waals surface area contributed by atoms with Crippen LogP contribution in [0.4, 0.5) is 5.69 Å². The fourth-order valence-electron chi connectivity index (χ4n) is 6.38. The Kier molecular flexibility index (Phi) is 6.55. The lowest BCUT2D eigenvalue weighted by atomic mass is 9.85. The lowest BCUT2D eigenvalue weighted by Crippen LogP contribution is -2.32. The molecule has 4 unspecified atom stereocenters. The lowest BCUT2D eigenvalue weighted by molar-refractivity contribution is -0.123. The summed E-state index contributed by atoms with van der Waals surface area (Å²) in [5.41, 5.74) is 2.84. The maximum absolute atomic E-state index is 13.3. The maximum Gasteiger partial charge on any atom is 0.339 e. The number of pyridine rings is 1. The quantitative estimate of drug-likeness (QED) is 0.101. The maximum atomic E-state index is 13.3. The topological polar surface area (TPSA) is 93.6 Å². The van der Waals surface area contributed by atoms with Crippen molar-refractivity contribution < 1.29 is 23.9 Å². The first-order valence-electron chi connectivity index (χ1n) is 13.5. The molecule has 0 radical (unpaired) electrons. The van der Waals surface area contributed by atoms with Crippen LogP contribution in [0.1, 0.15) is 27.1 Å². The number of rotatable bonds is 6. The average molecular weight is 642 g/mol. The number of anilines is 1. The average Bonchev–Trinajstić information content (AvgIpc) is 3.69. The van der Waals surface area contributed by atoms with Gasteiger partial charge in [0.15, 0.2) is 12.4 Å². The number of nitrogens with zero attached hydrogens (tertiary/aromatic N) is 2. The lowest BCUT2D eigenvalue weighted by Gasteiger charge is -2.17. The molecule has 1 saturated heterocycles. The van der Waals surface area contributed by atoms with Crippen LogP contribution in [0.15, 0.2) is 89.4 Å². The Bertz CT molecular complexity index is 1810. The van der Waals surface area contributed by atoms with E-state index in [-0.39, 0.29) is 46.8 Å². The second-order valence-corrected chi connectivity index (χ2v) is 12.1. The van der Waals surface area contributed by atoms with Gasteiger partial charge in [0, 0.05) is 26.0 Å². The second-order valence-electron chi connectivity index (χ2n) is 10.8. The molecule has 4 aromatic rings. The van der Waals surface area contributed by atoms with Crippen LogP contribution in [0.5, 0.6) is 0 Å². The minimum atomic E-state index is -0.684. The van der Waals surface area contributed by atoms with Crippen LogP contribution in [-0.2, 0) is 14.3 Å². The summed E-state index contributed by atoms with van der Waals surface area (Å²) in [6, 6.07) is 20.4. The van der Waals surface area contributed by atoms with Gasteiger partial charge in [-0.2, -0.15) is 0 Å². The van der Waals surface area contributed by atoms with E-state index in [0.29, 0.717) is 38.4 Å². The fourth-order valence-corrected chi connectivity index (χ4v) is 6.82. The largest absolute Gasteiger partial charge is 0.454 e. The standard InChI is InChI=1S/C33H22BrClN2O5/c34-21-7-3-18(4-8-21)28(38)16-42-33(41)25-15-27(36-26-12-9-22(35)14-24(25)26)17-5-10-23(11-6-17)37-31(39)29-19-1-2-20(13-19)30(29)32(37)40/h1-12,14-15,19-20,29-30H,13,16H2. The number of hydrogen-bond acceptors (Lipinski definition) is 6. The predicted octanol–water partition coefficient (Wildman–Crippen LogP) is 6.67. The van der Waals surface area contributed by atoms with E-state index in [0.717, 1.165) is 10.9 Å². The summed E-state index contributed by atoms with van der Waals surface area (Å²) in [6.45, 7) is -0.425. The number of ketones is 1. The first-order valence-corrected chi connectivity index (χ1v) is 14.7. The van der Waals surface area contributed by atoms with E-state index in [1.165, 1.54) is 4.90 Å². The third kappa shape index (κ3) is 4.46. The number of halogens is 2. The van der Waals surface area contributed by atoms with E-state index in [9.17, 15) is 19.2 Å². The van der Waals surface area contributed by atoms with Crippen LogP contribution >= 0.6 is 27.5 Å². The van der Waals surface area contributed by atoms with Crippen molar-refractivity contribution in [2.45, 2.75) is 6.42 Å². The molecule has 2 heterocycles. The summed E-state index contributed by atoms with van der Waals surface area (Å²) < 4.78 is 6.26. The van der Waals surface area contributed by atoms with E-state index in [2.05, 4.69) is 28.1 Å². The molecule has 2 bridgehead atoms. The minimum Gasteiger partial charge on any atom is -0.454 e. The van der Waals surface area contributed by atoms with Crippen LogP contribution in [0.3, 0.4) is 0 Å². The summed E-state index contributed by atoms with van der Waals surface area (Å²) in [4.78, 5) is 58.3. The van der Waals surface area contributed by atoms with Gasteiger partial charge in [0.05, 0.1) is 34.3 Å². The third-order valence-corrected chi connectivity index (χ3v) is 9.15. The molecule has 1 aromatic heterocycles. The van der Waals surface area contributed by atoms with E-state index in [4.69, 9.17) is 21.3 Å². The molecule has 2 aliphatic carbocycles. The molecule has 7 nitrogen and oxygen atoms in total. The van der Waals surface area contributed by atoms with Crippen LogP contribution in [-0.4, -0.2) is 35.2 Å². The Hall–Kier alpha value is -4.14. The Balaban J connectivity index is 1.16. The first kappa shape index (κ1) is 26.7. The molecule has 208 valence electrons. The zero-order valence-corrected chi connectivity index (χ0v) is 24.3. The molecule has 1 aliphatic heterocycles. The van der Waals surface area contributed by atoms with Gasteiger partial charge in [-0.3, -0.25) is 19.3 Å².